The lowest BCUT2D eigenvalue weighted by atomic mass is 10.0. The number of hydrogen-bond donors (Lipinski definition) is 1. The normalized spacial score (nSPS) is 12.0. The van der Waals surface area contributed by atoms with Gasteiger partial charge in [0, 0.05) is 24.3 Å². The fourth-order valence-electron chi connectivity index (χ4n) is 3.96. The van der Waals surface area contributed by atoms with Crippen LogP contribution in [-0.2, 0) is 28.3 Å². The number of rotatable bonds is 11. The summed E-state index contributed by atoms with van der Waals surface area (Å²) in [4.78, 5) is 29.0. The molecule has 0 aliphatic heterocycles. The zero-order valence-corrected chi connectivity index (χ0v) is 23.3. The molecule has 3 rings (SSSR count). The van der Waals surface area contributed by atoms with E-state index in [0.29, 0.717) is 18.7 Å². The largest absolute Gasteiger partial charge is 0.497 e. The highest BCUT2D eigenvalue weighted by Gasteiger charge is 2.32. The zero-order valence-electron chi connectivity index (χ0n) is 22.5. The maximum atomic E-state index is 13.7. The molecule has 196 valence electrons. The van der Waals surface area contributed by atoms with Gasteiger partial charge >= 0.3 is 0 Å². The molecule has 0 heterocycles. The summed E-state index contributed by atoms with van der Waals surface area (Å²) in [6.07, 6.45) is 0.448. The number of hydrogen-bond acceptors (Lipinski definition) is 4. The van der Waals surface area contributed by atoms with Crippen LogP contribution in [0.4, 0.5) is 0 Å². The molecular weight excluding hydrogens is 480 g/mol. The van der Waals surface area contributed by atoms with Gasteiger partial charge in [0.2, 0.25) is 11.8 Å². The molecule has 0 radical (unpaired) electrons. The highest BCUT2D eigenvalue weighted by atomic mass is 32.2. The maximum absolute atomic E-state index is 13.7. The third kappa shape index (κ3) is 9.29. The van der Waals surface area contributed by atoms with Crippen LogP contribution in [0.2, 0.25) is 0 Å². The smallest absolute Gasteiger partial charge is 0.243 e. The van der Waals surface area contributed by atoms with Gasteiger partial charge < -0.3 is 15.0 Å². The standard InChI is InChI=1S/C31H38N2O3S/c1-23-11-13-25(14-12-23)20-33(29(34)22-37-21-26-15-17-27(36-5)18-16-26)28(30(35)32-31(2,3)4)19-24-9-7-6-8-10-24/h6-18,28H,19-22H2,1-5H3,(H,32,35)/t28-/m1/s1. The third-order valence-corrected chi connectivity index (χ3v) is 6.88. The quantitative estimate of drug-likeness (QED) is 0.349. The van der Waals surface area contributed by atoms with Gasteiger partial charge in [0.25, 0.3) is 0 Å². The Kier molecular flexibility index (Phi) is 10.2. The Morgan fingerprint density at radius 1 is 0.892 bits per heavy atom. The average molecular weight is 519 g/mol. The molecule has 1 N–H and O–H groups in total. The van der Waals surface area contributed by atoms with Crippen molar-refractivity contribution in [2.24, 2.45) is 0 Å². The monoisotopic (exact) mass is 518 g/mol. The van der Waals surface area contributed by atoms with Crippen LogP contribution in [0, 0.1) is 6.92 Å². The predicted molar refractivity (Wildman–Crippen MR) is 153 cm³/mol. The minimum Gasteiger partial charge on any atom is -0.497 e. The van der Waals surface area contributed by atoms with Crippen LogP contribution < -0.4 is 10.1 Å². The van der Waals surface area contributed by atoms with Crippen molar-refractivity contribution in [3.8, 4) is 5.75 Å². The minimum absolute atomic E-state index is 0.0518. The first-order valence-corrected chi connectivity index (χ1v) is 13.7. The summed E-state index contributed by atoms with van der Waals surface area (Å²) < 4.78 is 5.23. The third-order valence-electron chi connectivity index (χ3n) is 5.90. The summed E-state index contributed by atoms with van der Waals surface area (Å²) >= 11 is 1.55. The van der Waals surface area contributed by atoms with E-state index < -0.39 is 11.6 Å². The van der Waals surface area contributed by atoms with Gasteiger partial charge in [-0.05, 0) is 56.5 Å². The lowest BCUT2D eigenvalue weighted by Gasteiger charge is -2.34. The fraction of sp³-hybridized carbons (Fsp3) is 0.355. The highest BCUT2D eigenvalue weighted by Crippen LogP contribution is 2.20. The Morgan fingerprint density at radius 2 is 1.51 bits per heavy atom. The fourth-order valence-corrected chi connectivity index (χ4v) is 4.83. The number of thioether (sulfide) groups is 1. The zero-order chi connectivity index (χ0) is 26.8. The topological polar surface area (TPSA) is 58.6 Å². The first-order chi connectivity index (χ1) is 17.6. The number of carbonyl (C=O) groups is 2. The molecule has 0 spiro atoms. The van der Waals surface area contributed by atoms with E-state index in [2.05, 4.69) is 5.32 Å². The molecule has 0 aliphatic rings. The van der Waals surface area contributed by atoms with Crippen LogP contribution >= 0.6 is 11.8 Å². The summed E-state index contributed by atoms with van der Waals surface area (Å²) in [5.74, 6) is 1.60. The number of methoxy groups -OCH3 is 1. The molecule has 5 nitrogen and oxygen atoms in total. The van der Waals surface area contributed by atoms with Crippen molar-refractivity contribution >= 4 is 23.6 Å². The minimum atomic E-state index is -0.628. The molecule has 0 saturated heterocycles. The van der Waals surface area contributed by atoms with Crippen molar-refractivity contribution in [3.05, 3.63) is 101 Å². The predicted octanol–water partition coefficient (Wildman–Crippen LogP) is 5.79. The summed E-state index contributed by atoms with van der Waals surface area (Å²) in [5.41, 5.74) is 3.89. The number of aryl methyl sites for hydroxylation is 1. The number of carbonyl (C=O) groups excluding carboxylic acids is 2. The van der Waals surface area contributed by atoms with Gasteiger partial charge in [0.05, 0.1) is 12.9 Å². The molecular formula is C31H38N2O3S. The van der Waals surface area contributed by atoms with Crippen molar-refractivity contribution in [2.75, 3.05) is 12.9 Å². The maximum Gasteiger partial charge on any atom is 0.243 e. The van der Waals surface area contributed by atoms with Crippen LogP contribution in [0.25, 0.3) is 0 Å². The molecule has 0 aromatic heterocycles. The molecule has 3 aromatic carbocycles. The van der Waals surface area contributed by atoms with Gasteiger partial charge in [0.15, 0.2) is 0 Å². The van der Waals surface area contributed by atoms with Crippen molar-refractivity contribution in [2.45, 2.75) is 58.0 Å². The molecule has 3 aromatic rings. The van der Waals surface area contributed by atoms with Crippen molar-refractivity contribution in [1.82, 2.24) is 10.2 Å². The molecule has 0 bridgehead atoms. The van der Waals surface area contributed by atoms with Crippen molar-refractivity contribution in [1.29, 1.82) is 0 Å². The van der Waals surface area contributed by atoms with E-state index in [4.69, 9.17) is 4.74 Å². The van der Waals surface area contributed by atoms with E-state index in [1.807, 2.05) is 107 Å². The second-order valence-corrected chi connectivity index (χ2v) is 11.3. The number of nitrogens with zero attached hydrogens (tertiary/aromatic N) is 1. The Hall–Kier alpha value is -3.25. The number of nitrogens with one attached hydrogen (secondary N) is 1. The number of benzene rings is 3. The Labute approximate surface area is 225 Å². The SMILES string of the molecule is COc1ccc(CSCC(=O)N(Cc2ccc(C)cc2)[C@H](Cc2ccccc2)C(=O)NC(C)(C)C)cc1. The Balaban J connectivity index is 1.84. The van der Waals surface area contributed by atoms with Gasteiger partial charge in [-0.25, -0.2) is 0 Å². The van der Waals surface area contributed by atoms with E-state index in [1.165, 1.54) is 0 Å². The molecule has 0 unspecified atom stereocenters. The molecule has 0 fully saturated rings. The number of ether oxygens (including phenoxy) is 1. The first-order valence-electron chi connectivity index (χ1n) is 12.6. The van der Waals surface area contributed by atoms with Gasteiger partial charge in [-0.2, -0.15) is 0 Å². The second kappa shape index (κ2) is 13.3. The van der Waals surface area contributed by atoms with Crippen molar-refractivity contribution < 1.29 is 14.3 Å². The molecule has 0 saturated carbocycles. The summed E-state index contributed by atoms with van der Waals surface area (Å²) in [7, 11) is 1.65. The first kappa shape index (κ1) is 28.3. The van der Waals surface area contributed by atoms with Crippen LogP contribution in [-0.4, -0.2) is 41.2 Å². The van der Waals surface area contributed by atoms with E-state index in [0.717, 1.165) is 28.0 Å². The van der Waals surface area contributed by atoms with Crippen LogP contribution in [0.3, 0.4) is 0 Å². The second-order valence-electron chi connectivity index (χ2n) is 10.3. The van der Waals surface area contributed by atoms with E-state index in [1.54, 1.807) is 23.8 Å². The van der Waals surface area contributed by atoms with Gasteiger partial charge in [-0.15, -0.1) is 11.8 Å². The van der Waals surface area contributed by atoms with E-state index >= 15 is 0 Å². The highest BCUT2D eigenvalue weighted by molar-refractivity contribution is 7.99. The van der Waals surface area contributed by atoms with Crippen LogP contribution in [0.15, 0.2) is 78.9 Å². The Morgan fingerprint density at radius 3 is 2.11 bits per heavy atom. The summed E-state index contributed by atoms with van der Waals surface area (Å²) in [5, 5.41) is 3.11. The average Bonchev–Trinajstić information content (AvgIpc) is 2.87. The van der Waals surface area contributed by atoms with Gasteiger partial charge in [0.1, 0.15) is 11.8 Å². The molecule has 6 heteroatoms. The molecule has 1 atom stereocenters. The Bertz CT molecular complexity index is 1140. The van der Waals surface area contributed by atoms with E-state index in [9.17, 15) is 9.59 Å². The van der Waals surface area contributed by atoms with Crippen LogP contribution in [0.5, 0.6) is 5.75 Å². The van der Waals surface area contributed by atoms with E-state index in [-0.39, 0.29) is 17.6 Å². The van der Waals surface area contributed by atoms with Crippen LogP contribution in [0.1, 0.15) is 43.0 Å². The lowest BCUT2D eigenvalue weighted by Crippen LogP contribution is -2.54. The van der Waals surface area contributed by atoms with Gasteiger partial charge in [-0.3, -0.25) is 9.59 Å². The summed E-state index contributed by atoms with van der Waals surface area (Å²) in [6, 6.07) is 25.3. The molecule has 0 aliphatic carbocycles. The molecule has 37 heavy (non-hydrogen) atoms. The lowest BCUT2D eigenvalue weighted by molar-refractivity contribution is -0.140. The summed E-state index contributed by atoms with van der Waals surface area (Å²) in [6.45, 7) is 8.29. The van der Waals surface area contributed by atoms with Crippen molar-refractivity contribution in [3.63, 3.8) is 0 Å². The number of amides is 2. The molecule has 2 amide bonds. The van der Waals surface area contributed by atoms with Gasteiger partial charge in [-0.1, -0.05) is 72.3 Å².